The van der Waals surface area contributed by atoms with Crippen molar-refractivity contribution in [2.24, 2.45) is 17.8 Å². The number of carbonyl (C=O) groups is 2. The average molecular weight is 616 g/mol. The molecule has 44 heavy (non-hydrogen) atoms. The number of anilines is 1. The molecule has 2 aromatic carbocycles. The Balaban J connectivity index is 1.29. The molecule has 2 amide bonds. The van der Waals surface area contributed by atoms with E-state index in [1.807, 2.05) is 36.4 Å². The number of rotatable bonds is 12. The molecule has 230 valence electrons. The van der Waals surface area contributed by atoms with Crippen molar-refractivity contribution in [3.05, 3.63) is 94.3 Å². The van der Waals surface area contributed by atoms with Crippen molar-refractivity contribution in [3.8, 4) is 5.75 Å². The van der Waals surface area contributed by atoms with E-state index in [4.69, 9.17) is 15.2 Å². The number of nitrogens with zero attached hydrogens (tertiary/aromatic N) is 4. The molecule has 4 N–H and O–H groups in total. The minimum absolute atomic E-state index is 0.249. The molecule has 3 heterocycles. The fourth-order valence-corrected chi connectivity index (χ4v) is 5.82. The van der Waals surface area contributed by atoms with Crippen LogP contribution < -0.4 is 21.1 Å². The smallest absolute Gasteiger partial charge is 0.274 e. The maximum absolute atomic E-state index is 13.3. The molecule has 1 aliphatic rings. The lowest BCUT2D eigenvalue weighted by atomic mass is 10.1. The summed E-state index contributed by atoms with van der Waals surface area (Å²) >= 11 is 1.32. The largest absolute Gasteiger partial charge is 0.497 e. The van der Waals surface area contributed by atoms with E-state index < -0.39 is 0 Å². The topological polar surface area (TPSA) is 136 Å². The number of morpholine rings is 1. The number of hydrogen-bond donors (Lipinski definition) is 3. The van der Waals surface area contributed by atoms with Crippen LogP contribution in [-0.4, -0.2) is 78.6 Å². The fourth-order valence-electron chi connectivity index (χ4n) is 4.87. The standard InChI is InChI=1S/C32H37N7O4S/c1-38-21-24(35-29(33)23-9-6-10-25(19-23)42-2)20-26(38)30(40)37-32-36-28(27(44-32)12-11-22-7-4-3-5-8-22)31(41)34-13-14-39-15-17-43-18-16-39/h3-10,19-21H,11-18H2,1-2H3,(H2,33,35)(H,34,41)(H,36,37,40). The summed E-state index contributed by atoms with van der Waals surface area (Å²) in [6.45, 7) is 4.36. The van der Waals surface area contributed by atoms with Gasteiger partial charge >= 0.3 is 0 Å². The highest BCUT2D eigenvalue weighted by Gasteiger charge is 2.21. The second-order valence-corrected chi connectivity index (χ2v) is 11.4. The number of aryl methyl sites for hydroxylation is 3. The van der Waals surface area contributed by atoms with Crippen LogP contribution in [0.15, 0.2) is 71.9 Å². The minimum Gasteiger partial charge on any atom is -0.497 e. The van der Waals surface area contributed by atoms with Gasteiger partial charge < -0.3 is 25.1 Å². The molecule has 1 saturated heterocycles. The molecule has 2 aromatic heterocycles. The van der Waals surface area contributed by atoms with Crippen molar-refractivity contribution >= 4 is 39.8 Å². The zero-order valence-corrected chi connectivity index (χ0v) is 25.7. The summed E-state index contributed by atoms with van der Waals surface area (Å²) in [6, 6.07) is 19.0. The highest BCUT2D eigenvalue weighted by atomic mass is 32.1. The van der Waals surface area contributed by atoms with Crippen LogP contribution in [-0.2, 0) is 24.6 Å². The number of ether oxygens (including phenoxy) is 2. The van der Waals surface area contributed by atoms with Gasteiger partial charge in [0.1, 0.15) is 23.0 Å². The number of amides is 2. The van der Waals surface area contributed by atoms with Crippen LogP contribution in [0.2, 0.25) is 0 Å². The van der Waals surface area contributed by atoms with Crippen LogP contribution in [0.1, 0.15) is 37.0 Å². The van der Waals surface area contributed by atoms with E-state index in [-0.39, 0.29) is 11.8 Å². The predicted molar refractivity (Wildman–Crippen MR) is 172 cm³/mol. The van der Waals surface area contributed by atoms with Crippen molar-refractivity contribution in [1.82, 2.24) is 19.8 Å². The summed E-state index contributed by atoms with van der Waals surface area (Å²) < 4.78 is 12.4. The Morgan fingerprint density at radius 1 is 1.07 bits per heavy atom. The number of thiazole rings is 1. The highest BCUT2D eigenvalue weighted by molar-refractivity contribution is 7.16. The Labute approximate surface area is 260 Å². The maximum atomic E-state index is 13.3. The third-order valence-corrected chi connectivity index (χ3v) is 8.30. The second kappa shape index (κ2) is 14.8. The van der Waals surface area contributed by atoms with Gasteiger partial charge in [-0.05, 0) is 36.6 Å². The number of methoxy groups -OCH3 is 1. The second-order valence-electron chi connectivity index (χ2n) is 10.4. The van der Waals surface area contributed by atoms with Gasteiger partial charge in [-0.15, -0.1) is 11.3 Å². The average Bonchev–Trinajstić information content (AvgIpc) is 3.63. The molecular formula is C32H37N7O4S. The molecule has 5 rings (SSSR count). The van der Waals surface area contributed by atoms with Crippen molar-refractivity contribution in [2.75, 3.05) is 51.8 Å². The molecule has 0 aliphatic carbocycles. The SMILES string of the molecule is COc1cccc(C(N)=Nc2cc(C(=O)Nc3nc(C(=O)NCCN4CCOCC4)c(CCc4ccccc4)s3)n(C)c2)c1. The van der Waals surface area contributed by atoms with Gasteiger partial charge in [-0.3, -0.25) is 19.8 Å². The van der Waals surface area contributed by atoms with E-state index in [2.05, 4.69) is 37.6 Å². The van der Waals surface area contributed by atoms with Crippen molar-refractivity contribution in [2.45, 2.75) is 12.8 Å². The first-order valence-electron chi connectivity index (χ1n) is 14.5. The van der Waals surface area contributed by atoms with Crippen LogP contribution in [0.4, 0.5) is 10.8 Å². The molecular weight excluding hydrogens is 578 g/mol. The van der Waals surface area contributed by atoms with Crippen LogP contribution in [0.5, 0.6) is 5.75 Å². The van der Waals surface area contributed by atoms with E-state index in [1.165, 1.54) is 11.3 Å². The number of nitrogens with one attached hydrogen (secondary N) is 2. The van der Waals surface area contributed by atoms with Crippen molar-refractivity contribution in [3.63, 3.8) is 0 Å². The van der Waals surface area contributed by atoms with E-state index in [0.29, 0.717) is 65.5 Å². The van der Waals surface area contributed by atoms with Crippen LogP contribution in [0, 0.1) is 0 Å². The number of carbonyl (C=O) groups excluding carboxylic acids is 2. The molecule has 1 fully saturated rings. The molecule has 0 bridgehead atoms. The van der Waals surface area contributed by atoms with E-state index in [9.17, 15) is 9.59 Å². The lowest BCUT2D eigenvalue weighted by Gasteiger charge is -2.26. The number of nitrogens with two attached hydrogens (primary N) is 1. The Bertz CT molecular complexity index is 1610. The van der Waals surface area contributed by atoms with Gasteiger partial charge in [-0.25, -0.2) is 9.98 Å². The molecule has 12 heteroatoms. The first-order chi connectivity index (χ1) is 21.4. The Morgan fingerprint density at radius 3 is 2.64 bits per heavy atom. The number of benzene rings is 2. The van der Waals surface area contributed by atoms with Crippen LogP contribution >= 0.6 is 11.3 Å². The molecule has 0 atom stereocenters. The fraction of sp³-hybridized carbons (Fsp3) is 0.312. The third-order valence-electron chi connectivity index (χ3n) is 7.27. The summed E-state index contributed by atoms with van der Waals surface area (Å²) in [5.74, 6) is 0.359. The van der Waals surface area contributed by atoms with Gasteiger partial charge in [0.2, 0.25) is 0 Å². The van der Waals surface area contributed by atoms with Crippen molar-refractivity contribution < 1.29 is 19.1 Å². The molecule has 0 saturated carbocycles. The van der Waals surface area contributed by atoms with E-state index in [0.717, 1.165) is 36.5 Å². The minimum atomic E-state index is -0.364. The van der Waals surface area contributed by atoms with E-state index >= 15 is 0 Å². The molecule has 4 aromatic rings. The van der Waals surface area contributed by atoms with Gasteiger partial charge in [0.05, 0.1) is 26.0 Å². The van der Waals surface area contributed by atoms with Gasteiger partial charge in [-0.2, -0.15) is 0 Å². The van der Waals surface area contributed by atoms with E-state index in [1.54, 1.807) is 37.1 Å². The van der Waals surface area contributed by atoms with Gasteiger partial charge in [-0.1, -0.05) is 42.5 Å². The maximum Gasteiger partial charge on any atom is 0.274 e. The van der Waals surface area contributed by atoms with Gasteiger partial charge in [0, 0.05) is 49.9 Å². The zero-order chi connectivity index (χ0) is 30.9. The lowest BCUT2D eigenvalue weighted by molar-refractivity contribution is 0.0383. The number of aliphatic imine (C=N–C) groups is 1. The normalized spacial score (nSPS) is 13.9. The lowest BCUT2D eigenvalue weighted by Crippen LogP contribution is -2.41. The first-order valence-corrected chi connectivity index (χ1v) is 15.3. The van der Waals surface area contributed by atoms with Crippen LogP contribution in [0.25, 0.3) is 0 Å². The summed E-state index contributed by atoms with van der Waals surface area (Å²) in [7, 11) is 3.35. The molecule has 11 nitrogen and oxygen atoms in total. The Hall–Kier alpha value is -4.52. The van der Waals surface area contributed by atoms with Gasteiger partial charge in [0.15, 0.2) is 5.13 Å². The van der Waals surface area contributed by atoms with Gasteiger partial charge in [0.25, 0.3) is 11.8 Å². The first kappa shape index (κ1) is 30.9. The Kier molecular flexibility index (Phi) is 10.4. The molecule has 0 unspecified atom stereocenters. The summed E-state index contributed by atoms with van der Waals surface area (Å²) in [5, 5.41) is 6.25. The molecule has 0 spiro atoms. The number of aromatic nitrogens is 2. The van der Waals surface area contributed by atoms with Crippen LogP contribution in [0.3, 0.4) is 0 Å². The molecule has 0 radical (unpaired) electrons. The third kappa shape index (κ3) is 8.10. The molecule has 1 aliphatic heterocycles. The Morgan fingerprint density at radius 2 is 1.86 bits per heavy atom. The summed E-state index contributed by atoms with van der Waals surface area (Å²) in [5.41, 5.74) is 9.35. The monoisotopic (exact) mass is 615 g/mol. The zero-order valence-electron chi connectivity index (χ0n) is 24.9. The number of amidine groups is 1. The quantitative estimate of drug-likeness (QED) is 0.164. The summed E-state index contributed by atoms with van der Waals surface area (Å²) in [4.78, 5) is 38.7. The highest BCUT2D eigenvalue weighted by Crippen LogP contribution is 2.26. The predicted octanol–water partition coefficient (Wildman–Crippen LogP) is 3.63. The summed E-state index contributed by atoms with van der Waals surface area (Å²) in [6.07, 6.45) is 3.09. The number of hydrogen-bond acceptors (Lipinski definition) is 8. The van der Waals surface area contributed by atoms with Crippen molar-refractivity contribution in [1.29, 1.82) is 0 Å².